The Labute approximate surface area is 185 Å². The zero-order chi connectivity index (χ0) is 21.7. The summed E-state index contributed by atoms with van der Waals surface area (Å²) in [6, 6.07) is 19.6. The highest BCUT2D eigenvalue weighted by Gasteiger charge is 2.26. The van der Waals surface area contributed by atoms with Gasteiger partial charge in [0.1, 0.15) is 0 Å². The van der Waals surface area contributed by atoms with E-state index in [0.717, 1.165) is 11.1 Å². The van der Waals surface area contributed by atoms with Crippen LogP contribution in [0.3, 0.4) is 0 Å². The van der Waals surface area contributed by atoms with E-state index in [9.17, 15) is 9.59 Å². The molecular formula is C24H21Cl2NO3. The van der Waals surface area contributed by atoms with E-state index in [-0.39, 0.29) is 6.42 Å². The molecule has 3 aromatic carbocycles. The molecule has 6 heteroatoms. The highest BCUT2D eigenvalue weighted by atomic mass is 35.5. The lowest BCUT2D eigenvalue weighted by Gasteiger charge is -2.19. The van der Waals surface area contributed by atoms with Crippen molar-refractivity contribution < 1.29 is 14.3 Å². The number of aryl methyl sites for hydroxylation is 2. The van der Waals surface area contributed by atoms with E-state index < -0.39 is 18.0 Å². The number of benzene rings is 3. The lowest BCUT2D eigenvalue weighted by Crippen LogP contribution is -2.27. The number of carbonyl (C=O) groups is 2. The normalized spacial score (nSPS) is 11.6. The molecule has 3 rings (SSSR count). The van der Waals surface area contributed by atoms with E-state index in [1.807, 2.05) is 38.1 Å². The number of ether oxygens (including phenoxy) is 1. The van der Waals surface area contributed by atoms with Gasteiger partial charge in [-0.25, -0.2) is 0 Å². The lowest BCUT2D eigenvalue weighted by atomic mass is 10.1. The Morgan fingerprint density at radius 3 is 2.27 bits per heavy atom. The van der Waals surface area contributed by atoms with Gasteiger partial charge in [-0.3, -0.25) is 9.59 Å². The third-order valence-electron chi connectivity index (χ3n) is 4.62. The van der Waals surface area contributed by atoms with Crippen molar-refractivity contribution in [2.75, 3.05) is 5.32 Å². The SMILES string of the molecule is Cc1ccc(C)c(NC(=O)[C@@H](OC(=O)Cc2c(Cl)cccc2Cl)c2ccccc2)c1. The van der Waals surface area contributed by atoms with Gasteiger partial charge < -0.3 is 10.1 Å². The second-order valence-corrected chi connectivity index (χ2v) is 7.78. The van der Waals surface area contributed by atoms with Gasteiger partial charge in [-0.05, 0) is 43.2 Å². The van der Waals surface area contributed by atoms with Gasteiger partial charge in [0.2, 0.25) is 6.10 Å². The summed E-state index contributed by atoms with van der Waals surface area (Å²) in [7, 11) is 0. The first kappa shape index (κ1) is 21.9. The van der Waals surface area contributed by atoms with E-state index in [1.54, 1.807) is 42.5 Å². The summed E-state index contributed by atoms with van der Waals surface area (Å²) in [5.74, 6) is -1.04. The summed E-state index contributed by atoms with van der Waals surface area (Å²) < 4.78 is 5.59. The number of nitrogens with one attached hydrogen (secondary N) is 1. The van der Waals surface area contributed by atoms with Gasteiger partial charge in [0.15, 0.2) is 0 Å². The Kier molecular flexibility index (Phi) is 7.14. The smallest absolute Gasteiger partial charge is 0.311 e. The number of carbonyl (C=O) groups excluding carboxylic acids is 2. The Morgan fingerprint density at radius 2 is 1.60 bits per heavy atom. The van der Waals surface area contributed by atoms with Crippen LogP contribution in [0.5, 0.6) is 0 Å². The van der Waals surface area contributed by atoms with Crippen LogP contribution in [0.15, 0.2) is 66.7 Å². The van der Waals surface area contributed by atoms with Crippen LogP contribution in [0.1, 0.15) is 28.4 Å². The molecule has 4 nitrogen and oxygen atoms in total. The number of halogens is 2. The largest absolute Gasteiger partial charge is 0.447 e. The van der Waals surface area contributed by atoms with Crippen LogP contribution < -0.4 is 5.32 Å². The third-order valence-corrected chi connectivity index (χ3v) is 5.33. The monoisotopic (exact) mass is 441 g/mol. The fourth-order valence-electron chi connectivity index (χ4n) is 2.99. The molecule has 0 heterocycles. The number of amides is 1. The molecule has 0 radical (unpaired) electrons. The van der Waals surface area contributed by atoms with Crippen molar-refractivity contribution in [3.05, 3.63) is 99.0 Å². The second-order valence-electron chi connectivity index (χ2n) is 6.97. The van der Waals surface area contributed by atoms with Crippen LogP contribution in [0, 0.1) is 13.8 Å². The zero-order valence-corrected chi connectivity index (χ0v) is 18.1. The fraction of sp³-hybridized carbons (Fsp3) is 0.167. The van der Waals surface area contributed by atoms with E-state index in [0.29, 0.717) is 26.9 Å². The van der Waals surface area contributed by atoms with Crippen LogP contribution in [0.25, 0.3) is 0 Å². The van der Waals surface area contributed by atoms with Gasteiger partial charge in [-0.1, -0.05) is 71.7 Å². The molecule has 1 atom stereocenters. The van der Waals surface area contributed by atoms with E-state index in [2.05, 4.69) is 5.32 Å². The number of hydrogen-bond donors (Lipinski definition) is 1. The quantitative estimate of drug-likeness (QED) is 0.471. The molecule has 0 spiro atoms. The molecule has 0 aliphatic rings. The first-order chi connectivity index (χ1) is 14.3. The van der Waals surface area contributed by atoms with Crippen molar-refractivity contribution in [1.29, 1.82) is 0 Å². The van der Waals surface area contributed by atoms with E-state index in [4.69, 9.17) is 27.9 Å². The first-order valence-electron chi connectivity index (χ1n) is 9.40. The van der Waals surface area contributed by atoms with Gasteiger partial charge in [0.05, 0.1) is 6.42 Å². The van der Waals surface area contributed by atoms with Crippen molar-refractivity contribution >= 4 is 40.8 Å². The van der Waals surface area contributed by atoms with Gasteiger partial charge in [-0.15, -0.1) is 0 Å². The maximum absolute atomic E-state index is 13.1. The minimum absolute atomic E-state index is 0.140. The molecule has 1 amide bonds. The van der Waals surface area contributed by atoms with Gasteiger partial charge in [0, 0.05) is 26.9 Å². The Bertz CT molecular complexity index is 1050. The summed E-state index contributed by atoms with van der Waals surface area (Å²) in [6.45, 7) is 3.84. The van der Waals surface area contributed by atoms with Crippen LogP contribution in [0.4, 0.5) is 5.69 Å². The van der Waals surface area contributed by atoms with Crippen LogP contribution in [0.2, 0.25) is 10.0 Å². The average Bonchev–Trinajstić information content (AvgIpc) is 2.72. The molecule has 0 aliphatic heterocycles. The average molecular weight is 442 g/mol. The predicted octanol–water partition coefficient (Wildman–Crippen LogP) is 6.08. The number of esters is 1. The van der Waals surface area contributed by atoms with Crippen molar-refractivity contribution in [2.24, 2.45) is 0 Å². The van der Waals surface area contributed by atoms with Crippen molar-refractivity contribution in [1.82, 2.24) is 0 Å². The van der Waals surface area contributed by atoms with E-state index in [1.165, 1.54) is 0 Å². The second kappa shape index (κ2) is 9.79. The van der Waals surface area contributed by atoms with Crippen LogP contribution in [-0.2, 0) is 20.7 Å². The van der Waals surface area contributed by atoms with E-state index >= 15 is 0 Å². The summed E-state index contributed by atoms with van der Waals surface area (Å²) in [6.07, 6.45) is -1.25. The molecule has 0 unspecified atom stereocenters. The highest BCUT2D eigenvalue weighted by molar-refractivity contribution is 6.36. The van der Waals surface area contributed by atoms with Gasteiger partial charge >= 0.3 is 5.97 Å². The number of hydrogen-bond acceptors (Lipinski definition) is 3. The maximum atomic E-state index is 13.1. The number of anilines is 1. The van der Waals surface area contributed by atoms with Gasteiger partial charge in [0.25, 0.3) is 5.91 Å². The highest BCUT2D eigenvalue weighted by Crippen LogP contribution is 2.27. The first-order valence-corrected chi connectivity index (χ1v) is 10.2. The molecule has 154 valence electrons. The fourth-order valence-corrected chi connectivity index (χ4v) is 3.52. The Morgan fingerprint density at radius 1 is 0.933 bits per heavy atom. The molecule has 0 fully saturated rings. The zero-order valence-electron chi connectivity index (χ0n) is 16.6. The molecule has 0 aliphatic carbocycles. The molecule has 1 N–H and O–H groups in total. The van der Waals surface area contributed by atoms with Gasteiger partial charge in [-0.2, -0.15) is 0 Å². The minimum Gasteiger partial charge on any atom is -0.447 e. The molecule has 0 bridgehead atoms. The van der Waals surface area contributed by atoms with Crippen molar-refractivity contribution in [2.45, 2.75) is 26.4 Å². The Balaban J connectivity index is 1.83. The summed E-state index contributed by atoms with van der Waals surface area (Å²) in [5.41, 5.74) is 3.63. The summed E-state index contributed by atoms with van der Waals surface area (Å²) in [4.78, 5) is 25.7. The molecule has 0 aromatic heterocycles. The molecule has 3 aromatic rings. The molecule has 0 saturated heterocycles. The van der Waals surface area contributed by atoms with Crippen LogP contribution in [-0.4, -0.2) is 11.9 Å². The molecule has 30 heavy (non-hydrogen) atoms. The van der Waals surface area contributed by atoms with Crippen molar-refractivity contribution in [3.8, 4) is 0 Å². The third kappa shape index (κ3) is 5.41. The Hall–Kier alpha value is -2.82. The van der Waals surface area contributed by atoms with Crippen LogP contribution >= 0.6 is 23.2 Å². The summed E-state index contributed by atoms with van der Waals surface area (Å²) in [5, 5.41) is 3.62. The summed E-state index contributed by atoms with van der Waals surface area (Å²) >= 11 is 12.3. The number of rotatable bonds is 6. The topological polar surface area (TPSA) is 55.4 Å². The lowest BCUT2D eigenvalue weighted by molar-refractivity contribution is -0.154. The molecular weight excluding hydrogens is 421 g/mol. The maximum Gasteiger partial charge on any atom is 0.311 e. The molecule has 0 saturated carbocycles. The standard InChI is InChI=1S/C24H21Cl2NO3/c1-15-11-12-16(2)21(13-15)27-24(29)23(17-7-4-3-5-8-17)30-22(28)14-18-19(25)9-6-10-20(18)26/h3-13,23H,14H2,1-2H3,(H,27,29)/t23-/m0/s1. The van der Waals surface area contributed by atoms with Crippen molar-refractivity contribution in [3.63, 3.8) is 0 Å². The minimum atomic E-state index is -1.11. The predicted molar refractivity (Wildman–Crippen MR) is 120 cm³/mol.